The van der Waals surface area contributed by atoms with Crippen molar-refractivity contribution in [2.24, 2.45) is 7.05 Å². The molecule has 154 valence electrons. The third-order valence-corrected chi connectivity index (χ3v) is 5.24. The fourth-order valence-corrected chi connectivity index (χ4v) is 3.83. The van der Waals surface area contributed by atoms with Gasteiger partial charge in [0.15, 0.2) is 11.6 Å². The van der Waals surface area contributed by atoms with Crippen LogP contribution in [0.3, 0.4) is 0 Å². The molecule has 7 nitrogen and oxygen atoms in total. The van der Waals surface area contributed by atoms with Gasteiger partial charge in [-0.25, -0.2) is 9.13 Å². The van der Waals surface area contributed by atoms with Crippen molar-refractivity contribution < 1.29 is 19.3 Å². The molecular formula is C23H25N4O3+. The summed E-state index contributed by atoms with van der Waals surface area (Å²) in [6, 6.07) is 10.5. The summed E-state index contributed by atoms with van der Waals surface area (Å²) in [5, 5.41) is 15.6. The maximum atomic E-state index is 13.3. The number of benzene rings is 2. The summed E-state index contributed by atoms with van der Waals surface area (Å²) >= 11 is 0. The number of rotatable bonds is 8. The van der Waals surface area contributed by atoms with Gasteiger partial charge < -0.3 is 15.7 Å². The van der Waals surface area contributed by atoms with Crippen molar-refractivity contribution in [1.82, 2.24) is 4.57 Å². The van der Waals surface area contributed by atoms with Crippen LogP contribution < -0.4 is 15.2 Å². The van der Waals surface area contributed by atoms with Gasteiger partial charge in [0, 0.05) is 42.0 Å². The van der Waals surface area contributed by atoms with Crippen molar-refractivity contribution >= 4 is 22.9 Å². The number of carbonyl (C=O) groups excluding carboxylic acids is 2. The lowest BCUT2D eigenvalue weighted by Gasteiger charge is -2.23. The highest BCUT2D eigenvalue weighted by Crippen LogP contribution is 2.36. The number of ketones is 2. The highest BCUT2D eigenvalue weighted by atomic mass is 16.3. The van der Waals surface area contributed by atoms with Crippen LogP contribution in [0.25, 0.3) is 0 Å². The molecule has 0 bridgehead atoms. The molecule has 0 aliphatic heterocycles. The summed E-state index contributed by atoms with van der Waals surface area (Å²) in [6.07, 6.45) is 6.89. The molecule has 1 aliphatic carbocycles. The Kier molecular flexibility index (Phi) is 5.63. The molecule has 7 heteroatoms. The lowest BCUT2D eigenvalue weighted by atomic mass is 9.82. The second-order valence-corrected chi connectivity index (χ2v) is 7.36. The van der Waals surface area contributed by atoms with Gasteiger partial charge in [0.25, 0.3) is 0 Å². The van der Waals surface area contributed by atoms with Crippen molar-refractivity contribution in [1.29, 1.82) is 0 Å². The van der Waals surface area contributed by atoms with Gasteiger partial charge in [-0.2, -0.15) is 0 Å². The van der Waals surface area contributed by atoms with Crippen LogP contribution in [0.15, 0.2) is 55.1 Å². The average Bonchev–Trinajstić information content (AvgIpc) is 3.18. The fraction of sp³-hybridized carbons (Fsp3) is 0.261. The van der Waals surface area contributed by atoms with Crippen LogP contribution in [-0.4, -0.2) is 40.9 Å². The van der Waals surface area contributed by atoms with Crippen molar-refractivity contribution in [3.8, 4) is 0 Å². The SMILES string of the molecule is C[n+]1ccn(CCCNc2ccc(NCCO)c3c2C(=O)c2ccccc2C3=O)c1. The lowest BCUT2D eigenvalue weighted by Crippen LogP contribution is -2.25. The normalized spacial score (nSPS) is 12.5. The van der Waals surface area contributed by atoms with Gasteiger partial charge in [-0.1, -0.05) is 24.3 Å². The van der Waals surface area contributed by atoms with Crippen LogP contribution in [0.2, 0.25) is 0 Å². The molecule has 0 amide bonds. The van der Waals surface area contributed by atoms with Crippen LogP contribution in [0.4, 0.5) is 11.4 Å². The summed E-state index contributed by atoms with van der Waals surface area (Å²) in [4.78, 5) is 26.5. The Morgan fingerprint density at radius 1 is 0.933 bits per heavy atom. The summed E-state index contributed by atoms with van der Waals surface area (Å²) in [7, 11) is 1.98. The van der Waals surface area contributed by atoms with E-state index >= 15 is 0 Å². The van der Waals surface area contributed by atoms with Gasteiger partial charge in [0.05, 0.1) is 31.3 Å². The van der Waals surface area contributed by atoms with Crippen molar-refractivity contribution in [2.75, 3.05) is 30.3 Å². The number of imidazole rings is 1. The van der Waals surface area contributed by atoms with E-state index in [1.54, 1.807) is 30.3 Å². The first kappa shape index (κ1) is 19.8. The van der Waals surface area contributed by atoms with E-state index in [0.29, 0.717) is 46.7 Å². The average molecular weight is 405 g/mol. The zero-order valence-corrected chi connectivity index (χ0v) is 16.9. The Bertz CT molecular complexity index is 1100. The summed E-state index contributed by atoms with van der Waals surface area (Å²) in [5.41, 5.74) is 2.84. The molecule has 0 radical (unpaired) electrons. The molecular weight excluding hydrogens is 380 g/mol. The highest BCUT2D eigenvalue weighted by Gasteiger charge is 2.33. The first-order valence-electron chi connectivity index (χ1n) is 10.0. The number of fused-ring (bicyclic) bond motifs is 2. The van der Waals surface area contributed by atoms with E-state index in [2.05, 4.69) is 15.2 Å². The number of hydrogen-bond donors (Lipinski definition) is 3. The molecule has 0 saturated carbocycles. The molecule has 1 aromatic heterocycles. The van der Waals surface area contributed by atoms with Crippen LogP contribution in [0, 0.1) is 0 Å². The number of aromatic nitrogens is 2. The lowest BCUT2D eigenvalue weighted by molar-refractivity contribution is -0.671. The van der Waals surface area contributed by atoms with E-state index in [9.17, 15) is 14.7 Å². The molecule has 0 spiro atoms. The number of aliphatic hydroxyl groups is 1. The van der Waals surface area contributed by atoms with E-state index < -0.39 is 0 Å². The predicted molar refractivity (Wildman–Crippen MR) is 114 cm³/mol. The van der Waals surface area contributed by atoms with Gasteiger partial charge in [-0.15, -0.1) is 0 Å². The van der Waals surface area contributed by atoms with Gasteiger partial charge in [-0.3, -0.25) is 9.59 Å². The minimum atomic E-state index is -0.177. The Morgan fingerprint density at radius 3 is 2.07 bits per heavy atom. The second-order valence-electron chi connectivity index (χ2n) is 7.36. The molecule has 2 aromatic carbocycles. The van der Waals surface area contributed by atoms with E-state index in [1.165, 1.54) is 0 Å². The molecule has 1 heterocycles. The third-order valence-electron chi connectivity index (χ3n) is 5.24. The summed E-state index contributed by atoms with van der Waals surface area (Å²) in [6.45, 7) is 1.75. The first-order valence-corrected chi connectivity index (χ1v) is 10.0. The predicted octanol–water partition coefficient (Wildman–Crippen LogP) is 1.99. The second kappa shape index (κ2) is 8.51. The highest BCUT2D eigenvalue weighted by molar-refractivity contribution is 6.31. The van der Waals surface area contributed by atoms with E-state index in [1.807, 2.05) is 36.4 Å². The Balaban J connectivity index is 1.62. The summed E-state index contributed by atoms with van der Waals surface area (Å²) < 4.78 is 4.09. The van der Waals surface area contributed by atoms with Crippen molar-refractivity contribution in [2.45, 2.75) is 13.0 Å². The molecule has 0 unspecified atom stereocenters. The number of nitrogens with one attached hydrogen (secondary N) is 2. The molecule has 0 fully saturated rings. The quantitative estimate of drug-likeness (QED) is 0.308. The minimum Gasteiger partial charge on any atom is -0.395 e. The molecule has 30 heavy (non-hydrogen) atoms. The molecule has 0 atom stereocenters. The number of aliphatic hydroxyl groups excluding tert-OH is 1. The monoisotopic (exact) mass is 405 g/mol. The summed E-state index contributed by atoms with van der Waals surface area (Å²) in [5.74, 6) is -0.336. The smallest absolute Gasteiger partial charge is 0.243 e. The first-order chi connectivity index (χ1) is 14.6. The molecule has 0 saturated heterocycles. The standard InChI is InChI=1S/C23H24N4O3/c1-26-12-13-27(15-26)11-4-9-24-18-7-8-19(25-10-14-28)21-20(18)22(29)16-5-2-3-6-17(16)23(21)30/h2-3,5-8,12-13,15,28H,4,9-11,14H2,1H3,(H-,24,25,29,30)/p+1. The van der Waals surface area contributed by atoms with Gasteiger partial charge in [0.2, 0.25) is 6.33 Å². The van der Waals surface area contributed by atoms with E-state index in [4.69, 9.17) is 0 Å². The van der Waals surface area contributed by atoms with Crippen LogP contribution >= 0.6 is 0 Å². The maximum absolute atomic E-state index is 13.3. The van der Waals surface area contributed by atoms with Gasteiger partial charge in [0.1, 0.15) is 12.4 Å². The van der Waals surface area contributed by atoms with Crippen LogP contribution in [-0.2, 0) is 13.6 Å². The zero-order valence-electron chi connectivity index (χ0n) is 16.9. The van der Waals surface area contributed by atoms with E-state index in [0.717, 1.165) is 13.0 Å². The largest absolute Gasteiger partial charge is 0.395 e. The number of aryl methyl sites for hydroxylation is 2. The minimum absolute atomic E-state index is 0.0648. The Hall–Kier alpha value is -3.45. The number of anilines is 2. The Morgan fingerprint density at radius 2 is 1.53 bits per heavy atom. The number of carbonyl (C=O) groups is 2. The molecule has 4 rings (SSSR count). The molecule has 1 aliphatic rings. The van der Waals surface area contributed by atoms with Gasteiger partial charge in [-0.05, 0) is 12.1 Å². The van der Waals surface area contributed by atoms with Crippen molar-refractivity contribution in [3.05, 3.63) is 77.4 Å². The topological polar surface area (TPSA) is 87.2 Å². The molecule has 3 N–H and O–H groups in total. The molecule has 3 aromatic rings. The van der Waals surface area contributed by atoms with Crippen molar-refractivity contribution in [3.63, 3.8) is 0 Å². The van der Waals surface area contributed by atoms with Crippen LogP contribution in [0.1, 0.15) is 38.3 Å². The number of nitrogens with zero attached hydrogens (tertiary/aromatic N) is 2. The fourth-order valence-electron chi connectivity index (χ4n) is 3.83. The maximum Gasteiger partial charge on any atom is 0.243 e. The zero-order chi connectivity index (χ0) is 21.1. The van der Waals surface area contributed by atoms with Gasteiger partial charge >= 0.3 is 0 Å². The third kappa shape index (κ3) is 3.71. The van der Waals surface area contributed by atoms with E-state index in [-0.39, 0.29) is 18.2 Å². The Labute approximate surface area is 175 Å². The van der Waals surface area contributed by atoms with Crippen LogP contribution in [0.5, 0.6) is 0 Å². The number of hydrogen-bond acceptors (Lipinski definition) is 5.